The van der Waals surface area contributed by atoms with E-state index >= 15 is 0 Å². The Labute approximate surface area is 60.9 Å². The van der Waals surface area contributed by atoms with E-state index in [1.807, 2.05) is 13.8 Å². The molecule has 0 saturated heterocycles. The topological polar surface area (TPSA) is 26.3 Å². The summed E-state index contributed by atoms with van der Waals surface area (Å²) < 4.78 is 5.21. The first-order valence-electron chi connectivity index (χ1n) is 3.67. The molecule has 10 heavy (non-hydrogen) atoms. The monoisotopic (exact) mass is 140 g/mol. The molecule has 0 spiro atoms. The molecule has 0 unspecified atom stereocenters. The highest BCUT2D eigenvalue weighted by Gasteiger charge is 2.26. The van der Waals surface area contributed by atoms with Crippen LogP contribution < -0.4 is 0 Å². The Morgan fingerprint density at radius 2 is 2.20 bits per heavy atom. The second-order valence-electron chi connectivity index (χ2n) is 2.29. The summed E-state index contributed by atoms with van der Waals surface area (Å²) in [5.74, 6) is 1.17. The summed E-state index contributed by atoms with van der Waals surface area (Å²) in [5, 5.41) is 0. The Morgan fingerprint density at radius 1 is 1.50 bits per heavy atom. The number of allylic oxidation sites excluding steroid dienone is 2. The molecule has 0 bridgehead atoms. The normalized spacial score (nSPS) is 17.2. The van der Waals surface area contributed by atoms with Crippen molar-refractivity contribution in [2.45, 2.75) is 26.7 Å². The van der Waals surface area contributed by atoms with Gasteiger partial charge in [0.15, 0.2) is 5.78 Å². The average Bonchev–Trinajstić information content (AvgIpc) is 1.88. The van der Waals surface area contributed by atoms with E-state index < -0.39 is 0 Å². The van der Waals surface area contributed by atoms with Crippen LogP contribution in [0.2, 0.25) is 0 Å². The van der Waals surface area contributed by atoms with E-state index in [0.29, 0.717) is 13.0 Å². The van der Waals surface area contributed by atoms with Crippen molar-refractivity contribution in [3.05, 3.63) is 11.3 Å². The Kier molecular flexibility index (Phi) is 2.10. The number of carbonyl (C=O) groups excluding carboxylic acids is 1. The van der Waals surface area contributed by atoms with Gasteiger partial charge in [-0.25, -0.2) is 0 Å². The predicted molar refractivity (Wildman–Crippen MR) is 38.6 cm³/mol. The molecule has 0 aliphatic heterocycles. The van der Waals surface area contributed by atoms with Gasteiger partial charge in [0.05, 0.1) is 13.0 Å². The predicted octanol–water partition coefficient (Wildman–Crippen LogP) is 1.66. The van der Waals surface area contributed by atoms with Crippen molar-refractivity contribution in [1.82, 2.24) is 0 Å². The molecule has 0 aromatic rings. The maximum Gasteiger partial charge on any atom is 0.169 e. The van der Waals surface area contributed by atoms with Gasteiger partial charge in [0.25, 0.3) is 0 Å². The molecule has 0 atom stereocenters. The van der Waals surface area contributed by atoms with E-state index in [9.17, 15) is 4.79 Å². The lowest BCUT2D eigenvalue weighted by atomic mass is 9.92. The summed E-state index contributed by atoms with van der Waals surface area (Å²) in [6.45, 7) is 4.58. The lowest BCUT2D eigenvalue weighted by Crippen LogP contribution is -2.19. The van der Waals surface area contributed by atoms with Gasteiger partial charge in [-0.3, -0.25) is 4.79 Å². The molecule has 0 saturated carbocycles. The maximum atomic E-state index is 10.8. The van der Waals surface area contributed by atoms with Gasteiger partial charge in [-0.15, -0.1) is 0 Å². The van der Waals surface area contributed by atoms with Gasteiger partial charge in [-0.05, 0) is 13.3 Å². The van der Waals surface area contributed by atoms with E-state index in [0.717, 1.165) is 17.8 Å². The third kappa shape index (κ3) is 1.06. The molecule has 0 amide bonds. The number of ketones is 1. The summed E-state index contributed by atoms with van der Waals surface area (Å²) in [6, 6.07) is 0. The maximum absolute atomic E-state index is 10.8. The Hall–Kier alpha value is -0.790. The van der Waals surface area contributed by atoms with E-state index in [1.54, 1.807) is 0 Å². The Bertz CT molecular complexity index is 180. The first kappa shape index (κ1) is 7.32. The van der Waals surface area contributed by atoms with E-state index in [-0.39, 0.29) is 5.78 Å². The fraction of sp³-hybridized carbons (Fsp3) is 0.625. The van der Waals surface area contributed by atoms with Crippen LogP contribution in [0.5, 0.6) is 0 Å². The lowest BCUT2D eigenvalue weighted by molar-refractivity contribution is -0.118. The van der Waals surface area contributed by atoms with Crippen molar-refractivity contribution in [3.63, 3.8) is 0 Å². The fourth-order valence-electron chi connectivity index (χ4n) is 1.11. The molecule has 0 N–H and O–H groups in total. The number of rotatable bonds is 3. The van der Waals surface area contributed by atoms with Gasteiger partial charge < -0.3 is 4.74 Å². The van der Waals surface area contributed by atoms with Crippen LogP contribution in [0, 0.1) is 0 Å². The smallest absolute Gasteiger partial charge is 0.169 e. The largest absolute Gasteiger partial charge is 0.497 e. The van der Waals surface area contributed by atoms with Gasteiger partial charge in [0.2, 0.25) is 0 Å². The molecular formula is C8H12O2. The highest BCUT2D eigenvalue weighted by atomic mass is 16.5. The van der Waals surface area contributed by atoms with Crippen molar-refractivity contribution < 1.29 is 9.53 Å². The molecule has 0 radical (unpaired) electrons. The SMILES string of the molecule is CCOC1=C(CC)C(=O)C1. The molecule has 2 heteroatoms. The van der Waals surface area contributed by atoms with Crippen molar-refractivity contribution >= 4 is 5.78 Å². The number of ether oxygens (including phenoxy) is 1. The number of carbonyl (C=O) groups is 1. The van der Waals surface area contributed by atoms with Crippen molar-refractivity contribution in [1.29, 1.82) is 0 Å². The van der Waals surface area contributed by atoms with E-state index in [2.05, 4.69) is 0 Å². The average molecular weight is 140 g/mol. The molecule has 0 aromatic carbocycles. The summed E-state index contributed by atoms with van der Waals surface area (Å²) in [7, 11) is 0. The van der Waals surface area contributed by atoms with Crippen LogP contribution in [0.15, 0.2) is 11.3 Å². The second kappa shape index (κ2) is 2.86. The number of hydrogen-bond acceptors (Lipinski definition) is 2. The second-order valence-corrected chi connectivity index (χ2v) is 2.29. The summed E-state index contributed by atoms with van der Waals surface area (Å²) in [5.41, 5.74) is 0.891. The zero-order valence-electron chi connectivity index (χ0n) is 6.44. The number of hydrogen-bond donors (Lipinski definition) is 0. The molecule has 0 heterocycles. The van der Waals surface area contributed by atoms with E-state index in [1.165, 1.54) is 0 Å². The van der Waals surface area contributed by atoms with Gasteiger partial charge in [-0.2, -0.15) is 0 Å². The third-order valence-corrected chi connectivity index (χ3v) is 1.67. The molecule has 0 aromatic heterocycles. The molecule has 1 aliphatic rings. The highest BCUT2D eigenvalue weighted by molar-refractivity contribution is 6.03. The van der Waals surface area contributed by atoms with Gasteiger partial charge in [-0.1, -0.05) is 6.92 Å². The zero-order valence-corrected chi connectivity index (χ0v) is 6.44. The third-order valence-electron chi connectivity index (χ3n) is 1.67. The molecule has 0 fully saturated rings. The summed E-state index contributed by atoms with van der Waals surface area (Å²) in [4.78, 5) is 10.8. The minimum Gasteiger partial charge on any atom is -0.497 e. The molecular weight excluding hydrogens is 128 g/mol. The number of Topliss-reactive ketones (excluding diaryl/α,β-unsaturated/α-hetero) is 1. The molecule has 1 rings (SSSR count). The van der Waals surface area contributed by atoms with Crippen LogP contribution in [0.1, 0.15) is 26.7 Å². The molecule has 1 aliphatic carbocycles. The van der Waals surface area contributed by atoms with Crippen LogP contribution in [0.25, 0.3) is 0 Å². The van der Waals surface area contributed by atoms with Crippen LogP contribution in [0.4, 0.5) is 0 Å². The van der Waals surface area contributed by atoms with Crippen LogP contribution in [-0.2, 0) is 9.53 Å². The standard InChI is InChI=1S/C8H12O2/c1-3-6-7(9)5-8(6)10-4-2/h3-5H2,1-2H3. The quantitative estimate of drug-likeness (QED) is 0.596. The first-order valence-corrected chi connectivity index (χ1v) is 3.67. The van der Waals surface area contributed by atoms with Crippen LogP contribution in [0.3, 0.4) is 0 Å². The Morgan fingerprint density at radius 3 is 2.60 bits per heavy atom. The van der Waals surface area contributed by atoms with Gasteiger partial charge >= 0.3 is 0 Å². The molecule has 2 nitrogen and oxygen atoms in total. The van der Waals surface area contributed by atoms with Crippen molar-refractivity contribution in [3.8, 4) is 0 Å². The zero-order chi connectivity index (χ0) is 7.56. The minimum absolute atomic E-state index is 0.256. The molecule has 56 valence electrons. The van der Waals surface area contributed by atoms with Gasteiger partial charge in [0, 0.05) is 5.57 Å². The highest BCUT2D eigenvalue weighted by Crippen LogP contribution is 2.26. The Balaban J connectivity index is 2.59. The van der Waals surface area contributed by atoms with Gasteiger partial charge in [0.1, 0.15) is 5.76 Å². The van der Waals surface area contributed by atoms with Crippen LogP contribution in [-0.4, -0.2) is 12.4 Å². The first-order chi connectivity index (χ1) is 4.79. The summed E-state index contributed by atoms with van der Waals surface area (Å²) >= 11 is 0. The fourth-order valence-corrected chi connectivity index (χ4v) is 1.11. The van der Waals surface area contributed by atoms with Crippen molar-refractivity contribution in [2.24, 2.45) is 0 Å². The van der Waals surface area contributed by atoms with E-state index in [4.69, 9.17) is 4.74 Å². The van der Waals surface area contributed by atoms with Crippen LogP contribution >= 0.6 is 0 Å². The summed E-state index contributed by atoms with van der Waals surface area (Å²) in [6.07, 6.45) is 1.34. The lowest BCUT2D eigenvalue weighted by Gasteiger charge is -2.20. The van der Waals surface area contributed by atoms with Crippen molar-refractivity contribution in [2.75, 3.05) is 6.61 Å². The minimum atomic E-state index is 0.256.